The molecule has 100 valence electrons. The molecule has 0 radical (unpaired) electrons. The number of alkyl halides is 3. The van der Waals surface area contributed by atoms with E-state index < -0.39 is 23.5 Å². The second kappa shape index (κ2) is 4.54. The Morgan fingerprint density at radius 3 is 2.37 bits per heavy atom. The second-order valence-corrected chi connectivity index (χ2v) is 3.85. The Kier molecular flexibility index (Phi) is 3.19. The molecule has 1 heterocycles. The van der Waals surface area contributed by atoms with Crippen LogP contribution < -0.4 is 0 Å². The Labute approximate surface area is 109 Å². The van der Waals surface area contributed by atoms with Gasteiger partial charge in [0.25, 0.3) is 0 Å². The zero-order chi connectivity index (χ0) is 14.2. The van der Waals surface area contributed by atoms with Crippen LogP contribution in [0, 0.1) is 0 Å². The molecule has 2 aromatic rings. The molecule has 0 saturated carbocycles. The number of aromatic carboxylic acids is 1. The van der Waals surface area contributed by atoms with E-state index in [9.17, 15) is 18.0 Å². The number of carboxylic acid groups (broad SMARTS) is 1. The number of nitrogens with zero attached hydrogens (tertiary/aromatic N) is 3. The molecule has 0 aliphatic rings. The van der Waals surface area contributed by atoms with Crippen LogP contribution >= 0.6 is 11.6 Å². The van der Waals surface area contributed by atoms with E-state index in [1.807, 2.05) is 0 Å². The monoisotopic (exact) mass is 291 g/mol. The van der Waals surface area contributed by atoms with Crippen molar-refractivity contribution in [3.8, 4) is 5.69 Å². The molecule has 0 bridgehead atoms. The average Bonchev–Trinajstić information content (AvgIpc) is 2.74. The van der Waals surface area contributed by atoms with Gasteiger partial charge >= 0.3 is 12.1 Å². The lowest BCUT2D eigenvalue weighted by atomic mass is 10.3. The van der Waals surface area contributed by atoms with Gasteiger partial charge in [-0.25, -0.2) is 4.79 Å². The van der Waals surface area contributed by atoms with Crippen LogP contribution in [-0.4, -0.2) is 26.1 Å². The first-order chi connectivity index (χ1) is 8.80. The summed E-state index contributed by atoms with van der Waals surface area (Å²) >= 11 is 5.78. The van der Waals surface area contributed by atoms with Gasteiger partial charge in [0.1, 0.15) is 5.69 Å². The lowest BCUT2D eigenvalue weighted by molar-refractivity contribution is -0.141. The predicted molar refractivity (Wildman–Crippen MR) is 58.3 cm³/mol. The Balaban J connectivity index is 2.62. The first-order valence-corrected chi connectivity index (χ1v) is 5.21. The van der Waals surface area contributed by atoms with Crippen molar-refractivity contribution in [3.63, 3.8) is 0 Å². The first-order valence-electron chi connectivity index (χ1n) is 4.83. The topological polar surface area (TPSA) is 68.0 Å². The minimum absolute atomic E-state index is 0.0576. The summed E-state index contributed by atoms with van der Waals surface area (Å²) in [6.45, 7) is 0. The molecule has 0 aliphatic heterocycles. The molecular weight excluding hydrogens is 287 g/mol. The number of aromatic nitrogens is 3. The minimum atomic E-state index is -4.91. The zero-order valence-corrected chi connectivity index (χ0v) is 9.77. The molecule has 5 nitrogen and oxygen atoms in total. The summed E-state index contributed by atoms with van der Waals surface area (Å²) in [6, 6.07) is 5.87. The maximum atomic E-state index is 12.6. The van der Waals surface area contributed by atoms with Crippen molar-refractivity contribution in [3.05, 3.63) is 40.7 Å². The number of hydrogen-bond acceptors (Lipinski definition) is 3. The standard InChI is InChI=1S/C10H5ClF3N3O2/c11-5-3-1-2-4-6(5)17-15-7(9(18)19)8(16-17)10(12,13)14/h1-4H,(H,18,19). The highest BCUT2D eigenvalue weighted by atomic mass is 35.5. The van der Waals surface area contributed by atoms with Gasteiger partial charge in [0, 0.05) is 0 Å². The molecule has 0 atom stereocenters. The van der Waals surface area contributed by atoms with Crippen molar-refractivity contribution in [2.45, 2.75) is 6.18 Å². The normalized spacial score (nSPS) is 11.6. The summed E-state index contributed by atoms with van der Waals surface area (Å²) in [6.07, 6.45) is -4.91. The number of halogens is 4. The molecule has 1 N–H and O–H groups in total. The predicted octanol–water partition coefficient (Wildman–Crippen LogP) is 2.64. The van der Waals surface area contributed by atoms with Gasteiger partial charge in [-0.3, -0.25) is 0 Å². The zero-order valence-electron chi connectivity index (χ0n) is 9.02. The highest BCUT2D eigenvalue weighted by Crippen LogP contribution is 2.30. The van der Waals surface area contributed by atoms with Crippen molar-refractivity contribution in [2.75, 3.05) is 0 Å². The van der Waals surface area contributed by atoms with Crippen LogP contribution in [0.3, 0.4) is 0 Å². The number of benzene rings is 1. The Hall–Kier alpha value is -2.09. The van der Waals surface area contributed by atoms with E-state index in [2.05, 4.69) is 10.2 Å². The largest absolute Gasteiger partial charge is 0.476 e. The summed E-state index contributed by atoms with van der Waals surface area (Å²) in [5.74, 6) is -1.81. The van der Waals surface area contributed by atoms with E-state index >= 15 is 0 Å². The average molecular weight is 292 g/mol. The molecule has 0 fully saturated rings. The van der Waals surface area contributed by atoms with Gasteiger partial charge in [0.15, 0.2) is 0 Å². The van der Waals surface area contributed by atoms with Crippen LogP contribution in [0.15, 0.2) is 24.3 Å². The summed E-state index contributed by atoms with van der Waals surface area (Å²) < 4.78 is 37.9. The number of carbonyl (C=O) groups is 1. The summed E-state index contributed by atoms with van der Waals surface area (Å²) in [4.78, 5) is 11.3. The Morgan fingerprint density at radius 2 is 1.89 bits per heavy atom. The summed E-state index contributed by atoms with van der Waals surface area (Å²) in [7, 11) is 0. The van der Waals surface area contributed by atoms with Crippen LogP contribution in [-0.2, 0) is 6.18 Å². The number of para-hydroxylation sites is 1. The molecular formula is C10H5ClF3N3O2. The van der Waals surface area contributed by atoms with Crippen molar-refractivity contribution < 1.29 is 23.1 Å². The van der Waals surface area contributed by atoms with Crippen molar-refractivity contribution in [2.24, 2.45) is 0 Å². The van der Waals surface area contributed by atoms with Gasteiger partial charge in [0.05, 0.1) is 5.02 Å². The van der Waals surface area contributed by atoms with Gasteiger partial charge in [0.2, 0.25) is 11.4 Å². The molecule has 0 aliphatic carbocycles. The smallest absolute Gasteiger partial charge is 0.437 e. The third-order valence-electron chi connectivity index (χ3n) is 2.15. The van der Waals surface area contributed by atoms with Gasteiger partial charge in [-0.05, 0) is 12.1 Å². The first kappa shape index (κ1) is 13.3. The van der Waals surface area contributed by atoms with Crippen molar-refractivity contribution in [1.29, 1.82) is 0 Å². The third kappa shape index (κ3) is 2.53. The van der Waals surface area contributed by atoms with Gasteiger partial charge < -0.3 is 5.11 Å². The molecule has 1 aromatic carbocycles. The van der Waals surface area contributed by atoms with E-state index in [1.54, 1.807) is 6.07 Å². The maximum Gasteiger partial charge on any atom is 0.437 e. The number of carboxylic acids is 1. The fraction of sp³-hybridized carbons (Fsp3) is 0.100. The highest BCUT2D eigenvalue weighted by molar-refractivity contribution is 6.32. The molecule has 9 heteroatoms. The van der Waals surface area contributed by atoms with Crippen LogP contribution in [0.4, 0.5) is 13.2 Å². The minimum Gasteiger partial charge on any atom is -0.476 e. The quantitative estimate of drug-likeness (QED) is 0.923. The third-order valence-corrected chi connectivity index (χ3v) is 2.47. The van der Waals surface area contributed by atoms with Gasteiger partial charge in [-0.2, -0.15) is 13.2 Å². The lowest BCUT2D eigenvalue weighted by Crippen LogP contribution is -2.12. The Morgan fingerprint density at radius 1 is 1.26 bits per heavy atom. The van der Waals surface area contributed by atoms with E-state index in [1.165, 1.54) is 18.2 Å². The van der Waals surface area contributed by atoms with Crippen LogP contribution in [0.5, 0.6) is 0 Å². The van der Waals surface area contributed by atoms with Crippen molar-refractivity contribution >= 4 is 17.6 Å². The molecule has 0 unspecified atom stereocenters. The molecule has 0 amide bonds. The SMILES string of the molecule is O=C(O)c1nn(-c2ccccc2Cl)nc1C(F)(F)F. The second-order valence-electron chi connectivity index (χ2n) is 3.44. The molecule has 19 heavy (non-hydrogen) atoms. The van der Waals surface area contributed by atoms with E-state index in [-0.39, 0.29) is 10.7 Å². The van der Waals surface area contributed by atoms with Crippen LogP contribution in [0.1, 0.15) is 16.2 Å². The summed E-state index contributed by atoms with van der Waals surface area (Å²) in [5, 5.41) is 15.3. The van der Waals surface area contributed by atoms with Crippen LogP contribution in [0.2, 0.25) is 5.02 Å². The van der Waals surface area contributed by atoms with Gasteiger partial charge in [-0.1, -0.05) is 23.7 Å². The number of rotatable bonds is 2. The van der Waals surface area contributed by atoms with E-state index in [0.717, 1.165) is 0 Å². The van der Waals surface area contributed by atoms with Crippen molar-refractivity contribution in [1.82, 2.24) is 15.0 Å². The molecule has 0 saturated heterocycles. The summed E-state index contributed by atoms with van der Waals surface area (Å²) in [5.41, 5.74) is -2.69. The van der Waals surface area contributed by atoms with E-state index in [0.29, 0.717) is 4.80 Å². The molecule has 0 spiro atoms. The lowest BCUT2D eigenvalue weighted by Gasteiger charge is -2.02. The van der Waals surface area contributed by atoms with E-state index in [4.69, 9.17) is 16.7 Å². The highest BCUT2D eigenvalue weighted by Gasteiger charge is 2.40. The molecule has 1 aromatic heterocycles. The molecule has 2 rings (SSSR count). The number of hydrogen-bond donors (Lipinski definition) is 1. The van der Waals surface area contributed by atoms with Gasteiger partial charge in [-0.15, -0.1) is 15.0 Å². The maximum absolute atomic E-state index is 12.6. The fourth-order valence-electron chi connectivity index (χ4n) is 1.36. The fourth-order valence-corrected chi connectivity index (χ4v) is 1.57. The van der Waals surface area contributed by atoms with Crippen LogP contribution in [0.25, 0.3) is 5.69 Å². The Bertz CT molecular complexity index is 639.